The zero-order chi connectivity index (χ0) is 21.8. The van der Waals surface area contributed by atoms with Crippen LogP contribution in [-0.4, -0.2) is 25.9 Å². The molecule has 1 heterocycles. The minimum absolute atomic E-state index is 0.130. The fraction of sp³-hybridized carbons (Fsp3) is 0.0909. The number of ether oxygens (including phenoxy) is 1. The van der Waals surface area contributed by atoms with Gasteiger partial charge in [0.15, 0.2) is 5.13 Å². The van der Waals surface area contributed by atoms with Crippen molar-refractivity contribution in [3.8, 4) is 5.75 Å². The van der Waals surface area contributed by atoms with Gasteiger partial charge in [0.1, 0.15) is 5.75 Å². The van der Waals surface area contributed by atoms with Crippen molar-refractivity contribution in [3.05, 3.63) is 78.4 Å². The Morgan fingerprint density at radius 2 is 1.77 bits per heavy atom. The Morgan fingerprint density at radius 1 is 1.03 bits per heavy atom. The summed E-state index contributed by atoms with van der Waals surface area (Å²) in [5.74, 6) is 0.353. The number of aromatic nitrogens is 1. The molecule has 4 rings (SSSR count). The van der Waals surface area contributed by atoms with E-state index in [0.717, 1.165) is 4.70 Å². The predicted octanol–water partition coefficient (Wildman–Crippen LogP) is 4.75. The van der Waals surface area contributed by atoms with E-state index in [-0.39, 0.29) is 10.8 Å². The average molecular weight is 454 g/mol. The van der Waals surface area contributed by atoms with E-state index in [1.54, 1.807) is 54.6 Å². The molecule has 0 fully saturated rings. The number of thiazole rings is 1. The second-order valence-corrected chi connectivity index (χ2v) is 9.24. The molecule has 0 spiro atoms. The first-order valence-electron chi connectivity index (χ1n) is 9.47. The van der Waals surface area contributed by atoms with Crippen molar-refractivity contribution in [2.24, 2.45) is 0 Å². The van der Waals surface area contributed by atoms with Crippen molar-refractivity contribution >= 4 is 48.3 Å². The standard InChI is InChI=1S/C22H19N3O4S2/c1-2-29-17-9-11-18(12-10-17)31(27,28)25-16-8-13-20-19(14-16)23-22(30-20)24-21(26)15-6-4-3-5-7-15/h3-14,25H,2H2,1H3,(H,23,24,26). The third kappa shape index (κ3) is 4.84. The van der Waals surface area contributed by atoms with E-state index in [0.29, 0.717) is 34.3 Å². The van der Waals surface area contributed by atoms with E-state index in [2.05, 4.69) is 15.0 Å². The molecule has 0 bridgehead atoms. The molecule has 158 valence electrons. The number of hydrogen-bond donors (Lipinski definition) is 2. The molecule has 0 atom stereocenters. The molecule has 1 amide bonds. The number of anilines is 2. The summed E-state index contributed by atoms with van der Waals surface area (Å²) < 4.78 is 34.1. The number of nitrogens with zero attached hydrogens (tertiary/aromatic N) is 1. The first-order chi connectivity index (χ1) is 14.9. The number of rotatable bonds is 7. The molecular weight excluding hydrogens is 434 g/mol. The number of carbonyl (C=O) groups is 1. The van der Waals surface area contributed by atoms with Crippen LogP contribution in [0.25, 0.3) is 10.2 Å². The highest BCUT2D eigenvalue weighted by atomic mass is 32.2. The first kappa shape index (κ1) is 20.8. The predicted molar refractivity (Wildman–Crippen MR) is 122 cm³/mol. The molecule has 0 aliphatic rings. The highest BCUT2D eigenvalue weighted by Crippen LogP contribution is 2.29. The molecule has 0 aliphatic heterocycles. The number of carbonyl (C=O) groups excluding carboxylic acids is 1. The number of nitrogens with one attached hydrogen (secondary N) is 2. The van der Waals surface area contributed by atoms with Crippen LogP contribution in [0.15, 0.2) is 77.7 Å². The largest absolute Gasteiger partial charge is 0.494 e. The fourth-order valence-electron chi connectivity index (χ4n) is 2.90. The summed E-state index contributed by atoms with van der Waals surface area (Å²) in [6, 6.07) is 20.1. The summed E-state index contributed by atoms with van der Waals surface area (Å²) >= 11 is 1.32. The third-order valence-corrected chi connectivity index (χ3v) is 6.69. The number of fused-ring (bicyclic) bond motifs is 1. The van der Waals surface area contributed by atoms with Crippen LogP contribution < -0.4 is 14.8 Å². The Kier molecular flexibility index (Phi) is 5.88. The molecular formula is C22H19N3O4S2. The Bertz CT molecular complexity index is 1320. The van der Waals surface area contributed by atoms with Crippen molar-refractivity contribution < 1.29 is 17.9 Å². The van der Waals surface area contributed by atoms with E-state index in [1.807, 2.05) is 13.0 Å². The van der Waals surface area contributed by atoms with Crippen molar-refractivity contribution in [2.75, 3.05) is 16.6 Å². The van der Waals surface area contributed by atoms with Crippen LogP contribution in [0, 0.1) is 0 Å². The van der Waals surface area contributed by atoms with Crippen LogP contribution in [0.5, 0.6) is 5.75 Å². The molecule has 0 radical (unpaired) electrons. The maximum Gasteiger partial charge on any atom is 0.261 e. The van der Waals surface area contributed by atoms with Crippen LogP contribution in [0.4, 0.5) is 10.8 Å². The van der Waals surface area contributed by atoms with Crippen molar-refractivity contribution in [2.45, 2.75) is 11.8 Å². The number of sulfonamides is 1. The maximum absolute atomic E-state index is 12.7. The number of hydrogen-bond acceptors (Lipinski definition) is 6. The molecule has 31 heavy (non-hydrogen) atoms. The lowest BCUT2D eigenvalue weighted by atomic mass is 10.2. The number of amides is 1. The minimum Gasteiger partial charge on any atom is -0.494 e. The molecule has 3 aromatic carbocycles. The number of benzene rings is 3. The lowest BCUT2D eigenvalue weighted by Crippen LogP contribution is -2.12. The average Bonchev–Trinajstić information content (AvgIpc) is 3.16. The van der Waals surface area contributed by atoms with Gasteiger partial charge in [-0.05, 0) is 61.5 Å². The molecule has 0 unspecified atom stereocenters. The lowest BCUT2D eigenvalue weighted by Gasteiger charge is -2.09. The zero-order valence-corrected chi connectivity index (χ0v) is 18.2. The SMILES string of the molecule is CCOc1ccc(S(=O)(=O)Nc2ccc3sc(NC(=O)c4ccccc4)nc3c2)cc1. The smallest absolute Gasteiger partial charge is 0.261 e. The summed E-state index contributed by atoms with van der Waals surface area (Å²) in [6.45, 7) is 2.37. The summed E-state index contributed by atoms with van der Waals surface area (Å²) in [7, 11) is -3.76. The van der Waals surface area contributed by atoms with E-state index in [9.17, 15) is 13.2 Å². The summed E-state index contributed by atoms with van der Waals surface area (Å²) in [4.78, 5) is 16.9. The van der Waals surface area contributed by atoms with Crippen LogP contribution in [-0.2, 0) is 10.0 Å². The van der Waals surface area contributed by atoms with Gasteiger partial charge < -0.3 is 4.74 Å². The van der Waals surface area contributed by atoms with Crippen LogP contribution in [0.1, 0.15) is 17.3 Å². The van der Waals surface area contributed by atoms with Gasteiger partial charge in [-0.25, -0.2) is 13.4 Å². The Hall–Kier alpha value is -3.43. The third-order valence-electron chi connectivity index (χ3n) is 4.34. The Labute approximate surface area is 183 Å². The molecule has 2 N–H and O–H groups in total. The zero-order valence-electron chi connectivity index (χ0n) is 16.5. The van der Waals surface area contributed by atoms with E-state index in [4.69, 9.17) is 4.74 Å². The van der Waals surface area contributed by atoms with Crippen LogP contribution in [0.3, 0.4) is 0 Å². The molecule has 0 saturated carbocycles. The van der Waals surface area contributed by atoms with Gasteiger partial charge in [-0.3, -0.25) is 14.8 Å². The summed E-state index contributed by atoms with van der Waals surface area (Å²) in [6.07, 6.45) is 0. The van der Waals surface area contributed by atoms with E-state index < -0.39 is 10.0 Å². The molecule has 1 aromatic heterocycles. The highest BCUT2D eigenvalue weighted by Gasteiger charge is 2.16. The van der Waals surface area contributed by atoms with Crippen LogP contribution >= 0.6 is 11.3 Å². The normalized spacial score (nSPS) is 11.3. The Balaban J connectivity index is 1.52. The van der Waals surface area contributed by atoms with Crippen LogP contribution in [0.2, 0.25) is 0 Å². The minimum atomic E-state index is -3.76. The lowest BCUT2D eigenvalue weighted by molar-refractivity contribution is 0.102. The molecule has 7 nitrogen and oxygen atoms in total. The van der Waals surface area contributed by atoms with Crippen molar-refractivity contribution in [1.82, 2.24) is 4.98 Å². The highest BCUT2D eigenvalue weighted by molar-refractivity contribution is 7.92. The van der Waals surface area contributed by atoms with Gasteiger partial charge in [0.25, 0.3) is 15.9 Å². The fourth-order valence-corrected chi connectivity index (χ4v) is 4.79. The van der Waals surface area contributed by atoms with Gasteiger partial charge in [0, 0.05) is 5.56 Å². The maximum atomic E-state index is 12.7. The molecule has 0 aliphatic carbocycles. The molecule has 9 heteroatoms. The van der Waals surface area contributed by atoms with Crippen molar-refractivity contribution in [1.29, 1.82) is 0 Å². The topological polar surface area (TPSA) is 97.4 Å². The van der Waals surface area contributed by atoms with Gasteiger partial charge in [0.2, 0.25) is 0 Å². The summed E-state index contributed by atoms with van der Waals surface area (Å²) in [5, 5.41) is 3.21. The van der Waals surface area contributed by atoms with Gasteiger partial charge in [0.05, 0.1) is 27.4 Å². The summed E-state index contributed by atoms with van der Waals surface area (Å²) in [5.41, 5.74) is 1.50. The van der Waals surface area contributed by atoms with Gasteiger partial charge in [-0.15, -0.1) is 0 Å². The van der Waals surface area contributed by atoms with Gasteiger partial charge in [-0.2, -0.15) is 0 Å². The second-order valence-electron chi connectivity index (χ2n) is 6.53. The quantitative estimate of drug-likeness (QED) is 0.421. The molecule has 4 aromatic rings. The van der Waals surface area contributed by atoms with E-state index in [1.165, 1.54) is 23.5 Å². The van der Waals surface area contributed by atoms with E-state index >= 15 is 0 Å². The Morgan fingerprint density at radius 3 is 2.48 bits per heavy atom. The monoisotopic (exact) mass is 453 g/mol. The van der Waals surface area contributed by atoms with Crippen molar-refractivity contribution in [3.63, 3.8) is 0 Å². The second kappa shape index (κ2) is 8.75. The van der Waals surface area contributed by atoms with Gasteiger partial charge >= 0.3 is 0 Å². The molecule has 0 saturated heterocycles. The first-order valence-corrected chi connectivity index (χ1v) is 11.8. The van der Waals surface area contributed by atoms with Gasteiger partial charge in [-0.1, -0.05) is 29.5 Å².